The summed E-state index contributed by atoms with van der Waals surface area (Å²) in [5.74, 6) is -4.85. The van der Waals surface area contributed by atoms with Crippen molar-refractivity contribution in [3.8, 4) is 0 Å². The van der Waals surface area contributed by atoms with Gasteiger partial charge in [-0.05, 0) is 17.7 Å². The lowest BCUT2D eigenvalue weighted by atomic mass is 10.1. The Morgan fingerprint density at radius 1 is 1.07 bits per heavy atom. The van der Waals surface area contributed by atoms with Crippen molar-refractivity contribution in [1.82, 2.24) is 0 Å². The summed E-state index contributed by atoms with van der Waals surface area (Å²) in [4.78, 5) is 0. The topological polar surface area (TPSA) is 26.0 Å². The summed E-state index contributed by atoms with van der Waals surface area (Å²) in [7, 11) is 0. The number of benzene rings is 1. The van der Waals surface area contributed by atoms with Gasteiger partial charge in [0.25, 0.3) is 5.92 Å². The summed E-state index contributed by atoms with van der Waals surface area (Å²) in [6.45, 7) is 0. The molecule has 0 spiro atoms. The molecule has 0 bridgehead atoms. The van der Waals surface area contributed by atoms with E-state index in [0.29, 0.717) is 6.07 Å². The molecule has 76 valence electrons. The smallest absolute Gasteiger partial charge is 0.272 e. The molecule has 0 saturated heterocycles. The SMILES string of the molecule is NC1(c2cc(F)cc(F)c2)CC1(F)F. The quantitative estimate of drug-likeness (QED) is 0.698. The predicted octanol–water partition coefficient (Wildman–Crippen LogP) is 2.16. The molecule has 1 unspecified atom stereocenters. The van der Waals surface area contributed by atoms with Crippen molar-refractivity contribution < 1.29 is 17.6 Å². The highest BCUT2D eigenvalue weighted by atomic mass is 19.3. The Kier molecular flexibility index (Phi) is 1.67. The maximum absolute atomic E-state index is 12.8. The minimum Gasteiger partial charge on any atom is -0.316 e. The van der Waals surface area contributed by atoms with Crippen LogP contribution in [0.5, 0.6) is 0 Å². The zero-order valence-electron chi connectivity index (χ0n) is 7.03. The van der Waals surface area contributed by atoms with Crippen molar-refractivity contribution in [3.05, 3.63) is 35.4 Å². The van der Waals surface area contributed by atoms with Gasteiger partial charge in [-0.2, -0.15) is 0 Å². The highest BCUT2D eigenvalue weighted by Crippen LogP contribution is 2.57. The van der Waals surface area contributed by atoms with E-state index in [1.807, 2.05) is 0 Å². The van der Waals surface area contributed by atoms with Crippen LogP contribution in [-0.4, -0.2) is 5.92 Å². The summed E-state index contributed by atoms with van der Waals surface area (Å²) in [6.07, 6.45) is -0.567. The summed E-state index contributed by atoms with van der Waals surface area (Å²) < 4.78 is 50.9. The minimum atomic E-state index is -3.06. The van der Waals surface area contributed by atoms with Crippen molar-refractivity contribution >= 4 is 0 Å². The molecule has 14 heavy (non-hydrogen) atoms. The standard InChI is InChI=1S/C9H7F4N/c10-6-1-5(2-7(11)3-6)8(14)4-9(8,12)13/h1-3H,4,14H2. The minimum absolute atomic E-state index is 0.194. The molecule has 1 nitrogen and oxygen atoms in total. The summed E-state index contributed by atoms with van der Waals surface area (Å²) in [5, 5.41) is 0. The van der Waals surface area contributed by atoms with E-state index in [9.17, 15) is 17.6 Å². The van der Waals surface area contributed by atoms with Gasteiger partial charge in [0, 0.05) is 12.5 Å². The maximum atomic E-state index is 12.8. The van der Waals surface area contributed by atoms with Crippen LogP contribution in [0.3, 0.4) is 0 Å². The molecule has 1 atom stereocenters. The lowest BCUT2D eigenvalue weighted by molar-refractivity contribution is 0.0890. The van der Waals surface area contributed by atoms with Gasteiger partial charge in [0.05, 0.1) is 0 Å². The third-order valence-electron chi connectivity index (χ3n) is 2.41. The molecule has 1 aromatic carbocycles. The first kappa shape index (κ1) is 9.45. The van der Waals surface area contributed by atoms with Gasteiger partial charge >= 0.3 is 0 Å². The highest BCUT2D eigenvalue weighted by Gasteiger charge is 2.70. The van der Waals surface area contributed by atoms with Crippen LogP contribution < -0.4 is 5.73 Å². The lowest BCUT2D eigenvalue weighted by Crippen LogP contribution is -2.27. The Morgan fingerprint density at radius 2 is 1.50 bits per heavy atom. The van der Waals surface area contributed by atoms with E-state index in [1.54, 1.807) is 0 Å². The van der Waals surface area contributed by atoms with Gasteiger partial charge in [0.2, 0.25) is 0 Å². The largest absolute Gasteiger partial charge is 0.316 e. The van der Waals surface area contributed by atoms with Crippen LogP contribution in [-0.2, 0) is 5.54 Å². The van der Waals surface area contributed by atoms with Crippen LogP contribution >= 0.6 is 0 Å². The molecule has 1 aromatic rings. The monoisotopic (exact) mass is 205 g/mol. The predicted molar refractivity (Wildman–Crippen MR) is 41.8 cm³/mol. The fourth-order valence-corrected chi connectivity index (χ4v) is 1.43. The Bertz CT molecular complexity index is 370. The van der Waals surface area contributed by atoms with Gasteiger partial charge in [-0.25, -0.2) is 17.6 Å². The second-order valence-electron chi connectivity index (χ2n) is 3.51. The number of halogens is 4. The molecule has 0 aliphatic heterocycles. The molecule has 1 aliphatic carbocycles. The molecule has 1 aliphatic rings. The van der Waals surface area contributed by atoms with Crippen molar-refractivity contribution in [2.24, 2.45) is 5.73 Å². The summed E-state index contributed by atoms with van der Waals surface area (Å²) >= 11 is 0. The molecule has 0 amide bonds. The molecular formula is C9H7F4N. The van der Waals surface area contributed by atoms with Crippen LogP contribution in [0.4, 0.5) is 17.6 Å². The first-order valence-corrected chi connectivity index (χ1v) is 3.98. The van der Waals surface area contributed by atoms with Gasteiger partial charge in [-0.3, -0.25) is 0 Å². The van der Waals surface area contributed by atoms with E-state index < -0.39 is 29.5 Å². The van der Waals surface area contributed by atoms with Crippen LogP contribution in [0.2, 0.25) is 0 Å². The van der Waals surface area contributed by atoms with E-state index in [-0.39, 0.29) is 5.56 Å². The molecule has 0 radical (unpaired) electrons. The average Bonchev–Trinajstić information content (AvgIpc) is 2.50. The van der Waals surface area contributed by atoms with E-state index in [4.69, 9.17) is 5.73 Å². The number of hydrogen-bond donors (Lipinski definition) is 1. The van der Waals surface area contributed by atoms with Crippen LogP contribution in [0, 0.1) is 11.6 Å². The third-order valence-corrected chi connectivity index (χ3v) is 2.41. The van der Waals surface area contributed by atoms with Crippen molar-refractivity contribution in [1.29, 1.82) is 0 Å². The Morgan fingerprint density at radius 3 is 1.86 bits per heavy atom. The van der Waals surface area contributed by atoms with E-state index in [1.165, 1.54) is 0 Å². The second kappa shape index (κ2) is 2.48. The maximum Gasteiger partial charge on any atom is 0.272 e. The second-order valence-corrected chi connectivity index (χ2v) is 3.51. The van der Waals surface area contributed by atoms with Crippen LogP contribution in [0.1, 0.15) is 12.0 Å². The van der Waals surface area contributed by atoms with E-state index >= 15 is 0 Å². The Labute approximate surface area is 77.5 Å². The van der Waals surface area contributed by atoms with Gasteiger partial charge in [0.1, 0.15) is 17.2 Å². The zero-order chi connectivity index (χ0) is 10.6. The van der Waals surface area contributed by atoms with Crippen molar-refractivity contribution in [2.45, 2.75) is 17.9 Å². The van der Waals surface area contributed by atoms with Crippen molar-refractivity contribution in [2.75, 3.05) is 0 Å². The Balaban J connectivity index is 2.44. The van der Waals surface area contributed by atoms with Gasteiger partial charge in [-0.1, -0.05) is 0 Å². The Hall–Kier alpha value is -1.10. The molecule has 0 heterocycles. The average molecular weight is 205 g/mol. The van der Waals surface area contributed by atoms with Crippen molar-refractivity contribution in [3.63, 3.8) is 0 Å². The van der Waals surface area contributed by atoms with Crippen LogP contribution in [0.15, 0.2) is 18.2 Å². The third kappa shape index (κ3) is 1.19. The zero-order valence-corrected chi connectivity index (χ0v) is 7.03. The molecule has 2 rings (SSSR count). The van der Waals surface area contributed by atoms with E-state index in [0.717, 1.165) is 12.1 Å². The lowest BCUT2D eigenvalue weighted by Gasteiger charge is -2.10. The van der Waals surface area contributed by atoms with Crippen LogP contribution in [0.25, 0.3) is 0 Å². The first-order chi connectivity index (χ1) is 6.35. The molecule has 1 fully saturated rings. The first-order valence-electron chi connectivity index (χ1n) is 3.98. The number of alkyl halides is 2. The van der Waals surface area contributed by atoms with E-state index in [2.05, 4.69) is 0 Å². The fraction of sp³-hybridized carbons (Fsp3) is 0.333. The summed E-state index contributed by atoms with van der Waals surface area (Å²) in [5.41, 5.74) is 3.21. The molecular weight excluding hydrogens is 198 g/mol. The molecule has 1 saturated carbocycles. The highest BCUT2D eigenvalue weighted by molar-refractivity contribution is 5.36. The fourth-order valence-electron chi connectivity index (χ4n) is 1.43. The molecule has 0 aromatic heterocycles. The van der Waals surface area contributed by atoms with Gasteiger partial charge in [-0.15, -0.1) is 0 Å². The number of nitrogens with two attached hydrogens (primary N) is 1. The van der Waals surface area contributed by atoms with Gasteiger partial charge < -0.3 is 5.73 Å². The normalized spacial score (nSPS) is 28.9. The molecule has 5 heteroatoms. The molecule has 2 N–H and O–H groups in total. The summed E-state index contributed by atoms with van der Waals surface area (Å²) in [6, 6.07) is 2.29. The number of rotatable bonds is 1. The van der Waals surface area contributed by atoms with Gasteiger partial charge in [0.15, 0.2) is 0 Å². The number of hydrogen-bond acceptors (Lipinski definition) is 1.